The fourth-order valence-corrected chi connectivity index (χ4v) is 1.73. The van der Waals surface area contributed by atoms with E-state index in [1.54, 1.807) is 0 Å². The molecule has 12 heavy (non-hydrogen) atoms. The molecule has 0 aromatic carbocycles. The number of esters is 1. The Morgan fingerprint density at radius 2 is 1.83 bits per heavy atom. The lowest BCUT2D eigenvalue weighted by Crippen LogP contribution is -2.42. The molecule has 2 N–H and O–H groups in total. The number of methoxy groups -OCH3 is 1. The molecule has 1 amide bonds. The quantitative estimate of drug-likeness (QED) is 0.476. The highest BCUT2D eigenvalue weighted by atomic mass is 16.5. The number of hydrogen-bond donors (Lipinski definition) is 1. The summed E-state index contributed by atoms with van der Waals surface area (Å²) in [6.45, 7) is 0. The molecule has 1 aliphatic carbocycles. The summed E-state index contributed by atoms with van der Waals surface area (Å²) >= 11 is 0. The van der Waals surface area contributed by atoms with Crippen LogP contribution in [0.1, 0.15) is 25.7 Å². The fraction of sp³-hybridized carbons (Fsp3) is 0.750. The minimum Gasteiger partial charge on any atom is -0.468 e. The van der Waals surface area contributed by atoms with Gasteiger partial charge in [0.2, 0.25) is 5.91 Å². The number of carbonyl (C=O) groups is 2. The fourth-order valence-electron chi connectivity index (χ4n) is 1.73. The Morgan fingerprint density at radius 1 is 1.33 bits per heavy atom. The van der Waals surface area contributed by atoms with E-state index in [2.05, 4.69) is 4.74 Å². The summed E-state index contributed by atoms with van der Waals surface area (Å²) in [4.78, 5) is 22.3. The molecule has 0 bridgehead atoms. The van der Waals surface area contributed by atoms with Crippen LogP contribution in [0.4, 0.5) is 0 Å². The Balaban J connectivity index is 2.86. The largest absolute Gasteiger partial charge is 0.468 e. The lowest BCUT2D eigenvalue weighted by atomic mass is 9.85. The van der Waals surface area contributed by atoms with E-state index in [4.69, 9.17) is 5.73 Å². The van der Waals surface area contributed by atoms with Gasteiger partial charge in [0, 0.05) is 0 Å². The minimum absolute atomic E-state index is 0.479. The first kappa shape index (κ1) is 9.03. The van der Waals surface area contributed by atoms with Crippen LogP contribution in [0.2, 0.25) is 0 Å². The molecule has 1 aliphatic rings. The first-order valence-electron chi connectivity index (χ1n) is 4.02. The summed E-state index contributed by atoms with van der Waals surface area (Å²) < 4.78 is 4.56. The molecule has 1 fully saturated rings. The van der Waals surface area contributed by atoms with Crippen LogP contribution in [0.25, 0.3) is 0 Å². The molecule has 0 aliphatic heterocycles. The van der Waals surface area contributed by atoms with Crippen molar-refractivity contribution in [2.75, 3.05) is 7.11 Å². The van der Waals surface area contributed by atoms with E-state index in [1.165, 1.54) is 7.11 Å². The number of ether oxygens (including phenoxy) is 1. The molecule has 0 aromatic heterocycles. The Morgan fingerprint density at radius 3 is 2.17 bits per heavy atom. The lowest BCUT2D eigenvalue weighted by molar-refractivity contribution is -0.157. The lowest BCUT2D eigenvalue weighted by Gasteiger charge is -2.20. The topological polar surface area (TPSA) is 69.4 Å². The zero-order valence-electron chi connectivity index (χ0n) is 7.13. The van der Waals surface area contributed by atoms with Crippen molar-refractivity contribution in [3.8, 4) is 0 Å². The van der Waals surface area contributed by atoms with Gasteiger partial charge in [-0.15, -0.1) is 0 Å². The predicted molar refractivity (Wildman–Crippen MR) is 42.1 cm³/mol. The van der Waals surface area contributed by atoms with Gasteiger partial charge in [0.15, 0.2) is 0 Å². The Labute approximate surface area is 71.1 Å². The summed E-state index contributed by atoms with van der Waals surface area (Å²) in [5, 5.41) is 0. The van der Waals surface area contributed by atoms with Gasteiger partial charge >= 0.3 is 5.97 Å². The van der Waals surface area contributed by atoms with Crippen LogP contribution in [0.3, 0.4) is 0 Å². The molecule has 0 radical (unpaired) electrons. The highest BCUT2D eigenvalue weighted by Gasteiger charge is 2.47. The van der Waals surface area contributed by atoms with Gasteiger partial charge in [-0.1, -0.05) is 12.8 Å². The van der Waals surface area contributed by atoms with Crippen molar-refractivity contribution in [2.45, 2.75) is 25.7 Å². The standard InChI is InChI=1S/C8H13NO3/c1-12-7(11)8(6(9)10)4-2-3-5-8/h2-5H2,1H3,(H2,9,10). The third-order valence-corrected chi connectivity index (χ3v) is 2.50. The summed E-state index contributed by atoms with van der Waals surface area (Å²) in [5.74, 6) is -1.03. The molecule has 0 atom stereocenters. The average Bonchev–Trinajstić information content (AvgIpc) is 2.52. The van der Waals surface area contributed by atoms with Crippen molar-refractivity contribution in [2.24, 2.45) is 11.1 Å². The molecule has 0 heterocycles. The van der Waals surface area contributed by atoms with E-state index in [0.717, 1.165) is 12.8 Å². The Kier molecular flexibility index (Phi) is 2.35. The minimum atomic E-state index is -1.02. The molecule has 0 aromatic rings. The van der Waals surface area contributed by atoms with E-state index in [0.29, 0.717) is 12.8 Å². The van der Waals surface area contributed by atoms with Crippen LogP contribution in [0.5, 0.6) is 0 Å². The third kappa shape index (κ3) is 1.17. The van der Waals surface area contributed by atoms with Gasteiger partial charge in [0.05, 0.1) is 7.11 Å². The van der Waals surface area contributed by atoms with Gasteiger partial charge < -0.3 is 10.5 Å². The summed E-state index contributed by atoms with van der Waals surface area (Å²) in [7, 11) is 1.28. The van der Waals surface area contributed by atoms with Crippen molar-refractivity contribution in [1.29, 1.82) is 0 Å². The maximum Gasteiger partial charge on any atom is 0.321 e. The molecule has 0 saturated heterocycles. The normalized spacial score (nSPS) is 20.4. The second-order valence-corrected chi connectivity index (χ2v) is 3.15. The molecule has 4 heteroatoms. The molecule has 4 nitrogen and oxygen atoms in total. The van der Waals surface area contributed by atoms with E-state index < -0.39 is 17.3 Å². The smallest absolute Gasteiger partial charge is 0.321 e. The van der Waals surface area contributed by atoms with Crippen LogP contribution in [-0.4, -0.2) is 19.0 Å². The van der Waals surface area contributed by atoms with Gasteiger partial charge in [-0.2, -0.15) is 0 Å². The number of nitrogens with two attached hydrogens (primary N) is 1. The first-order valence-corrected chi connectivity index (χ1v) is 4.02. The molecule has 0 unspecified atom stereocenters. The maximum absolute atomic E-state index is 11.3. The summed E-state index contributed by atoms with van der Waals surface area (Å²) in [6, 6.07) is 0. The van der Waals surface area contributed by atoms with Crippen LogP contribution >= 0.6 is 0 Å². The van der Waals surface area contributed by atoms with Crippen molar-refractivity contribution < 1.29 is 14.3 Å². The third-order valence-electron chi connectivity index (χ3n) is 2.50. The van der Waals surface area contributed by atoms with Crippen molar-refractivity contribution in [3.63, 3.8) is 0 Å². The molecular formula is C8H13NO3. The second kappa shape index (κ2) is 3.13. The van der Waals surface area contributed by atoms with Crippen molar-refractivity contribution >= 4 is 11.9 Å². The van der Waals surface area contributed by atoms with E-state index >= 15 is 0 Å². The zero-order chi connectivity index (χ0) is 9.19. The Hall–Kier alpha value is -1.06. The predicted octanol–water partition coefficient (Wildman–Crippen LogP) is 0.205. The van der Waals surface area contributed by atoms with Gasteiger partial charge in [-0.25, -0.2) is 0 Å². The number of rotatable bonds is 2. The van der Waals surface area contributed by atoms with Gasteiger partial charge in [0.1, 0.15) is 5.41 Å². The first-order chi connectivity index (χ1) is 5.63. The van der Waals surface area contributed by atoms with Crippen LogP contribution in [0, 0.1) is 5.41 Å². The highest BCUT2D eigenvalue weighted by Crippen LogP contribution is 2.38. The molecule has 1 rings (SSSR count). The van der Waals surface area contributed by atoms with Crippen LogP contribution in [0.15, 0.2) is 0 Å². The van der Waals surface area contributed by atoms with E-state index in [9.17, 15) is 9.59 Å². The molecule has 1 saturated carbocycles. The van der Waals surface area contributed by atoms with Crippen LogP contribution in [-0.2, 0) is 14.3 Å². The Bertz CT molecular complexity index is 206. The zero-order valence-corrected chi connectivity index (χ0v) is 7.13. The van der Waals surface area contributed by atoms with E-state index in [1.807, 2.05) is 0 Å². The average molecular weight is 171 g/mol. The van der Waals surface area contributed by atoms with Crippen molar-refractivity contribution in [3.05, 3.63) is 0 Å². The SMILES string of the molecule is COC(=O)C1(C(N)=O)CCCC1. The maximum atomic E-state index is 11.3. The number of hydrogen-bond acceptors (Lipinski definition) is 3. The molecule has 0 spiro atoms. The van der Waals surface area contributed by atoms with E-state index in [-0.39, 0.29) is 0 Å². The highest BCUT2D eigenvalue weighted by molar-refractivity contribution is 6.02. The molecular weight excluding hydrogens is 158 g/mol. The summed E-state index contributed by atoms with van der Waals surface area (Å²) in [6.07, 6.45) is 2.82. The number of carbonyl (C=O) groups excluding carboxylic acids is 2. The molecule has 68 valence electrons. The van der Waals surface area contributed by atoms with Gasteiger partial charge in [0.25, 0.3) is 0 Å². The van der Waals surface area contributed by atoms with Gasteiger partial charge in [-0.05, 0) is 12.8 Å². The monoisotopic (exact) mass is 171 g/mol. The number of amides is 1. The van der Waals surface area contributed by atoms with Gasteiger partial charge in [-0.3, -0.25) is 9.59 Å². The second-order valence-electron chi connectivity index (χ2n) is 3.15. The van der Waals surface area contributed by atoms with Crippen molar-refractivity contribution in [1.82, 2.24) is 0 Å². The summed E-state index contributed by atoms with van der Waals surface area (Å²) in [5.41, 5.74) is 4.15. The van der Waals surface area contributed by atoms with Crippen LogP contribution < -0.4 is 5.73 Å². The number of primary amides is 1.